The first-order valence-corrected chi connectivity index (χ1v) is 9.68. The van der Waals surface area contributed by atoms with Gasteiger partial charge in [-0.1, -0.05) is 18.6 Å². The van der Waals surface area contributed by atoms with Crippen LogP contribution in [0, 0.1) is 5.92 Å². The van der Waals surface area contributed by atoms with Crippen molar-refractivity contribution in [3.05, 3.63) is 42.4 Å². The molecule has 2 aromatic rings. The highest BCUT2D eigenvalue weighted by molar-refractivity contribution is 5.95. The highest BCUT2D eigenvalue weighted by Gasteiger charge is 2.28. The van der Waals surface area contributed by atoms with Crippen LogP contribution in [-0.4, -0.2) is 46.2 Å². The van der Waals surface area contributed by atoms with Crippen LogP contribution < -0.4 is 0 Å². The van der Waals surface area contributed by atoms with E-state index in [1.807, 2.05) is 47.0 Å². The lowest BCUT2D eigenvalue weighted by molar-refractivity contribution is 0.0448. The average molecular weight is 353 g/mol. The predicted molar refractivity (Wildman–Crippen MR) is 101 cm³/mol. The minimum absolute atomic E-state index is 0.122. The fourth-order valence-electron chi connectivity index (χ4n) is 3.89. The molecular weight excluding hydrogens is 326 g/mol. The van der Waals surface area contributed by atoms with E-state index in [1.54, 1.807) is 6.33 Å². The van der Waals surface area contributed by atoms with Crippen LogP contribution in [0.4, 0.5) is 0 Å². The lowest BCUT2D eigenvalue weighted by Gasteiger charge is -2.33. The highest BCUT2D eigenvalue weighted by Crippen LogP contribution is 2.29. The second kappa shape index (κ2) is 7.62. The molecule has 1 atom stereocenters. The maximum absolute atomic E-state index is 13.3. The molecule has 1 aliphatic heterocycles. The van der Waals surface area contributed by atoms with E-state index in [1.165, 1.54) is 19.3 Å². The number of carbonyl (C=O) groups is 1. The summed E-state index contributed by atoms with van der Waals surface area (Å²) in [6, 6.07) is 7.90. The minimum atomic E-state index is 0.122. The molecule has 1 aromatic carbocycles. The molecule has 4 rings (SSSR count). The third-order valence-corrected chi connectivity index (χ3v) is 5.66. The maximum Gasteiger partial charge on any atom is 0.253 e. The topological polar surface area (TPSA) is 47.4 Å². The average Bonchev–Trinajstić information content (AvgIpc) is 3.28. The summed E-state index contributed by atoms with van der Waals surface area (Å²) in [5.74, 6) is 0.775. The summed E-state index contributed by atoms with van der Waals surface area (Å²) in [6.07, 6.45) is 9.75. The quantitative estimate of drug-likeness (QED) is 0.798. The minimum Gasteiger partial charge on any atom is -0.376 e. The molecule has 1 amide bonds. The zero-order chi connectivity index (χ0) is 17.9. The van der Waals surface area contributed by atoms with E-state index in [0.717, 1.165) is 42.8 Å². The molecule has 1 saturated carbocycles. The van der Waals surface area contributed by atoms with E-state index < -0.39 is 0 Å². The van der Waals surface area contributed by atoms with Gasteiger partial charge in [-0.05, 0) is 43.7 Å². The van der Waals surface area contributed by atoms with Gasteiger partial charge in [-0.25, -0.2) is 4.98 Å². The van der Waals surface area contributed by atoms with Crippen LogP contribution in [0.15, 0.2) is 36.8 Å². The van der Waals surface area contributed by atoms with E-state index in [2.05, 4.69) is 4.98 Å². The first-order valence-electron chi connectivity index (χ1n) is 9.68. The molecule has 0 N–H and O–H groups in total. The van der Waals surface area contributed by atoms with Crippen molar-refractivity contribution < 1.29 is 9.53 Å². The van der Waals surface area contributed by atoms with Crippen LogP contribution in [0.2, 0.25) is 0 Å². The zero-order valence-corrected chi connectivity index (χ0v) is 15.4. The number of rotatable bonds is 6. The number of ether oxygens (including phenoxy) is 1. The van der Waals surface area contributed by atoms with E-state index in [0.29, 0.717) is 12.5 Å². The number of aromatic nitrogens is 2. The van der Waals surface area contributed by atoms with Gasteiger partial charge in [0.2, 0.25) is 0 Å². The third-order valence-electron chi connectivity index (χ3n) is 5.66. The normalized spacial score (nSPS) is 20.1. The second-order valence-electron chi connectivity index (χ2n) is 7.61. The molecule has 2 fully saturated rings. The van der Waals surface area contributed by atoms with Crippen LogP contribution in [0.5, 0.6) is 0 Å². The van der Waals surface area contributed by atoms with Gasteiger partial charge in [-0.2, -0.15) is 0 Å². The van der Waals surface area contributed by atoms with Gasteiger partial charge < -0.3 is 14.2 Å². The number of carbonyl (C=O) groups excluding carboxylic acids is 1. The van der Waals surface area contributed by atoms with Gasteiger partial charge in [-0.3, -0.25) is 4.79 Å². The SMILES string of the molecule is Cn1cncc1-c1cccc(C(=O)N(CC2CCC2)C[C@@H]2CCCO2)c1. The number of hydrogen-bond donors (Lipinski definition) is 0. The molecule has 5 heteroatoms. The monoisotopic (exact) mass is 353 g/mol. The van der Waals surface area contributed by atoms with Gasteiger partial charge in [0.05, 0.1) is 24.3 Å². The first kappa shape index (κ1) is 17.3. The highest BCUT2D eigenvalue weighted by atomic mass is 16.5. The molecule has 26 heavy (non-hydrogen) atoms. The van der Waals surface area contributed by atoms with Crippen LogP contribution in [0.1, 0.15) is 42.5 Å². The van der Waals surface area contributed by atoms with Gasteiger partial charge in [0.15, 0.2) is 0 Å². The summed E-state index contributed by atoms with van der Waals surface area (Å²) in [5.41, 5.74) is 2.79. The Labute approximate surface area is 155 Å². The van der Waals surface area contributed by atoms with Crippen molar-refractivity contribution in [1.29, 1.82) is 0 Å². The zero-order valence-electron chi connectivity index (χ0n) is 15.4. The van der Waals surface area contributed by atoms with Crippen molar-refractivity contribution in [2.24, 2.45) is 13.0 Å². The lowest BCUT2D eigenvalue weighted by atomic mass is 9.85. The van der Waals surface area contributed by atoms with Crippen LogP contribution in [-0.2, 0) is 11.8 Å². The van der Waals surface area contributed by atoms with Crippen molar-refractivity contribution in [2.75, 3.05) is 19.7 Å². The van der Waals surface area contributed by atoms with Crippen LogP contribution in [0.3, 0.4) is 0 Å². The molecule has 1 saturated heterocycles. The summed E-state index contributed by atoms with van der Waals surface area (Å²) in [6.45, 7) is 2.39. The van der Waals surface area contributed by atoms with E-state index >= 15 is 0 Å². The summed E-state index contributed by atoms with van der Waals surface area (Å²) < 4.78 is 7.77. The Morgan fingerprint density at radius 3 is 2.81 bits per heavy atom. The molecule has 2 heterocycles. The standard InChI is InChI=1S/C21H27N3O2/c1-23-15-22-12-20(23)17-7-3-8-18(11-17)21(25)24(13-16-5-2-6-16)14-19-9-4-10-26-19/h3,7-8,11-12,15-16,19H,2,4-6,9-10,13-14H2,1H3/t19-/m0/s1. The van der Waals surface area contributed by atoms with Crippen molar-refractivity contribution in [1.82, 2.24) is 14.5 Å². The summed E-state index contributed by atoms with van der Waals surface area (Å²) in [7, 11) is 1.97. The van der Waals surface area contributed by atoms with Gasteiger partial charge in [-0.15, -0.1) is 0 Å². The Morgan fingerprint density at radius 2 is 2.15 bits per heavy atom. The Bertz CT molecular complexity index is 760. The number of aryl methyl sites for hydroxylation is 1. The molecular formula is C21H27N3O2. The molecule has 0 unspecified atom stereocenters. The predicted octanol–water partition coefficient (Wildman–Crippen LogP) is 3.51. The third kappa shape index (κ3) is 3.68. The molecule has 5 nitrogen and oxygen atoms in total. The Morgan fingerprint density at radius 1 is 1.27 bits per heavy atom. The number of imidazole rings is 1. The van der Waals surface area contributed by atoms with Crippen molar-refractivity contribution in [3.63, 3.8) is 0 Å². The largest absolute Gasteiger partial charge is 0.376 e. The summed E-state index contributed by atoms with van der Waals surface area (Å²) in [5, 5.41) is 0. The molecule has 138 valence electrons. The van der Waals surface area contributed by atoms with E-state index in [4.69, 9.17) is 4.74 Å². The fourth-order valence-corrected chi connectivity index (χ4v) is 3.89. The molecule has 2 aliphatic rings. The number of hydrogen-bond acceptors (Lipinski definition) is 3. The molecule has 0 spiro atoms. The molecule has 1 aliphatic carbocycles. The molecule has 0 bridgehead atoms. The smallest absolute Gasteiger partial charge is 0.253 e. The van der Waals surface area contributed by atoms with E-state index in [9.17, 15) is 4.79 Å². The second-order valence-corrected chi connectivity index (χ2v) is 7.61. The van der Waals surface area contributed by atoms with Crippen LogP contribution >= 0.6 is 0 Å². The number of nitrogens with zero attached hydrogens (tertiary/aromatic N) is 3. The number of benzene rings is 1. The summed E-state index contributed by atoms with van der Waals surface area (Å²) >= 11 is 0. The molecule has 0 radical (unpaired) electrons. The Kier molecular flexibility index (Phi) is 5.07. The fraction of sp³-hybridized carbons (Fsp3) is 0.524. The van der Waals surface area contributed by atoms with Gasteiger partial charge in [0, 0.05) is 37.9 Å². The lowest BCUT2D eigenvalue weighted by Crippen LogP contribution is -2.41. The van der Waals surface area contributed by atoms with Crippen LogP contribution in [0.25, 0.3) is 11.3 Å². The van der Waals surface area contributed by atoms with Crippen molar-refractivity contribution >= 4 is 5.91 Å². The Balaban J connectivity index is 1.54. The van der Waals surface area contributed by atoms with Crippen molar-refractivity contribution in [3.8, 4) is 11.3 Å². The first-order chi connectivity index (χ1) is 12.7. The maximum atomic E-state index is 13.3. The summed E-state index contributed by atoms with van der Waals surface area (Å²) in [4.78, 5) is 19.5. The van der Waals surface area contributed by atoms with Crippen molar-refractivity contribution in [2.45, 2.75) is 38.2 Å². The number of amides is 1. The van der Waals surface area contributed by atoms with Gasteiger partial charge in [0.25, 0.3) is 5.91 Å². The van der Waals surface area contributed by atoms with E-state index in [-0.39, 0.29) is 12.0 Å². The molecule has 1 aromatic heterocycles. The Hall–Kier alpha value is -2.14. The van der Waals surface area contributed by atoms with Gasteiger partial charge >= 0.3 is 0 Å². The van der Waals surface area contributed by atoms with Gasteiger partial charge in [0.1, 0.15) is 0 Å².